The molecule has 26 heavy (non-hydrogen) atoms. The predicted molar refractivity (Wildman–Crippen MR) is 101 cm³/mol. The lowest BCUT2D eigenvalue weighted by atomic mass is 9.94. The van der Waals surface area contributed by atoms with Crippen LogP contribution in [0.2, 0.25) is 0 Å². The topological polar surface area (TPSA) is 68.0 Å². The van der Waals surface area contributed by atoms with E-state index < -0.39 is 5.97 Å². The summed E-state index contributed by atoms with van der Waals surface area (Å²) >= 11 is 1.45. The van der Waals surface area contributed by atoms with Crippen LogP contribution < -0.4 is 0 Å². The van der Waals surface area contributed by atoms with E-state index in [0.29, 0.717) is 16.1 Å². The third-order valence-electron chi connectivity index (χ3n) is 4.07. The third-order valence-corrected chi connectivity index (χ3v) is 4.76. The number of aromatic carboxylic acids is 1. The van der Waals surface area contributed by atoms with Crippen LogP contribution >= 0.6 is 11.3 Å². The Kier molecular flexibility index (Phi) is 3.99. The number of rotatable bonds is 2. The molecular formula is C20H13N3O2S. The maximum atomic E-state index is 11.8. The largest absolute Gasteiger partial charge is 0.478 e. The number of fused-ring (bicyclic) bond motifs is 1. The molecule has 4 rings (SSSR count). The van der Waals surface area contributed by atoms with Gasteiger partial charge in [-0.2, -0.15) is 5.10 Å². The van der Waals surface area contributed by atoms with Crippen molar-refractivity contribution in [1.82, 2.24) is 14.8 Å². The molecule has 0 fully saturated rings. The van der Waals surface area contributed by atoms with Crippen molar-refractivity contribution < 1.29 is 9.90 Å². The van der Waals surface area contributed by atoms with E-state index in [1.807, 2.05) is 36.7 Å². The van der Waals surface area contributed by atoms with Gasteiger partial charge in [0.15, 0.2) is 5.01 Å². The summed E-state index contributed by atoms with van der Waals surface area (Å²) < 4.78 is 1.77. The van der Waals surface area contributed by atoms with Gasteiger partial charge in [-0.3, -0.25) is 4.68 Å². The average Bonchev–Trinajstić information content (AvgIpc) is 3.29. The monoisotopic (exact) mass is 359 g/mol. The summed E-state index contributed by atoms with van der Waals surface area (Å²) in [4.78, 5) is 15.9. The number of aromatic nitrogens is 3. The van der Waals surface area contributed by atoms with Gasteiger partial charge in [0.25, 0.3) is 0 Å². The van der Waals surface area contributed by atoms with Crippen molar-refractivity contribution in [3.8, 4) is 23.0 Å². The van der Waals surface area contributed by atoms with Gasteiger partial charge in [0.2, 0.25) is 0 Å². The molecule has 0 aliphatic rings. The maximum Gasteiger partial charge on any atom is 0.336 e. The van der Waals surface area contributed by atoms with E-state index in [1.165, 1.54) is 11.3 Å². The number of nitrogens with zero attached hydrogens (tertiary/aromatic N) is 3. The van der Waals surface area contributed by atoms with Crippen LogP contribution in [0.15, 0.2) is 54.2 Å². The van der Waals surface area contributed by atoms with E-state index in [2.05, 4.69) is 21.9 Å². The van der Waals surface area contributed by atoms with Crippen LogP contribution in [0, 0.1) is 11.8 Å². The van der Waals surface area contributed by atoms with E-state index in [0.717, 1.165) is 16.5 Å². The Morgan fingerprint density at radius 2 is 2.12 bits per heavy atom. The second-order valence-electron chi connectivity index (χ2n) is 5.66. The molecule has 126 valence electrons. The Labute approximate surface area is 153 Å². The van der Waals surface area contributed by atoms with Crippen molar-refractivity contribution in [2.45, 2.75) is 0 Å². The van der Waals surface area contributed by atoms with Crippen LogP contribution in [-0.2, 0) is 7.05 Å². The number of benzene rings is 2. The Morgan fingerprint density at radius 1 is 1.23 bits per heavy atom. The molecule has 0 aliphatic heterocycles. The molecule has 0 bridgehead atoms. The van der Waals surface area contributed by atoms with Gasteiger partial charge in [0, 0.05) is 35.1 Å². The highest BCUT2D eigenvalue weighted by Crippen LogP contribution is 2.30. The first-order valence-corrected chi connectivity index (χ1v) is 8.71. The molecule has 1 N–H and O–H groups in total. The van der Waals surface area contributed by atoms with Crippen molar-refractivity contribution in [2.75, 3.05) is 0 Å². The predicted octanol–water partition coefficient (Wildman–Crippen LogP) is 3.79. The molecule has 0 radical (unpaired) electrons. The Balaban J connectivity index is 1.94. The fourth-order valence-electron chi connectivity index (χ4n) is 2.85. The minimum atomic E-state index is -0.983. The summed E-state index contributed by atoms with van der Waals surface area (Å²) in [5, 5.41) is 17.5. The van der Waals surface area contributed by atoms with Gasteiger partial charge in [-0.1, -0.05) is 24.1 Å². The van der Waals surface area contributed by atoms with Gasteiger partial charge in [-0.25, -0.2) is 9.78 Å². The minimum Gasteiger partial charge on any atom is -0.478 e. The van der Waals surface area contributed by atoms with Crippen LogP contribution in [0.5, 0.6) is 0 Å². The van der Waals surface area contributed by atoms with Crippen molar-refractivity contribution in [1.29, 1.82) is 0 Å². The lowest BCUT2D eigenvalue weighted by Gasteiger charge is -2.10. The molecular weight excluding hydrogens is 346 g/mol. The zero-order valence-electron chi connectivity index (χ0n) is 13.8. The molecule has 0 amide bonds. The molecule has 0 saturated carbocycles. The fraction of sp³-hybridized carbons (Fsp3) is 0.0500. The average molecular weight is 359 g/mol. The van der Waals surface area contributed by atoms with Gasteiger partial charge in [-0.05, 0) is 29.7 Å². The number of carboxylic acid groups (broad SMARTS) is 1. The lowest BCUT2D eigenvalue weighted by Crippen LogP contribution is -2.01. The number of hydrogen-bond acceptors (Lipinski definition) is 4. The Bertz CT molecular complexity index is 1180. The molecule has 0 spiro atoms. The summed E-state index contributed by atoms with van der Waals surface area (Å²) in [6, 6.07) is 10.9. The number of hydrogen-bond donors (Lipinski definition) is 1. The second-order valence-corrected chi connectivity index (χ2v) is 6.56. The molecule has 0 aliphatic carbocycles. The van der Waals surface area contributed by atoms with Gasteiger partial charge < -0.3 is 5.11 Å². The van der Waals surface area contributed by atoms with Crippen molar-refractivity contribution in [2.24, 2.45) is 7.05 Å². The van der Waals surface area contributed by atoms with Crippen LogP contribution in [0.1, 0.15) is 20.9 Å². The van der Waals surface area contributed by atoms with E-state index >= 15 is 0 Å². The highest BCUT2D eigenvalue weighted by Gasteiger charge is 2.16. The third kappa shape index (κ3) is 2.85. The maximum absolute atomic E-state index is 11.8. The summed E-state index contributed by atoms with van der Waals surface area (Å²) in [6.07, 6.45) is 3.48. The summed E-state index contributed by atoms with van der Waals surface area (Å²) in [7, 11) is 1.86. The molecule has 2 aromatic carbocycles. The van der Waals surface area contributed by atoms with Crippen LogP contribution in [0.25, 0.3) is 22.0 Å². The Hall–Kier alpha value is -3.43. The molecule has 5 nitrogen and oxygen atoms in total. The van der Waals surface area contributed by atoms with E-state index in [1.54, 1.807) is 29.2 Å². The molecule has 4 aromatic rings. The quantitative estimate of drug-likeness (QED) is 0.553. The van der Waals surface area contributed by atoms with Gasteiger partial charge in [0.05, 0.1) is 17.3 Å². The smallest absolute Gasteiger partial charge is 0.336 e. The summed E-state index contributed by atoms with van der Waals surface area (Å²) in [5.41, 5.74) is 3.20. The zero-order chi connectivity index (χ0) is 18.1. The first-order valence-electron chi connectivity index (χ1n) is 7.83. The Morgan fingerprint density at radius 3 is 2.88 bits per heavy atom. The molecule has 2 heterocycles. The first-order chi connectivity index (χ1) is 12.6. The van der Waals surface area contributed by atoms with Crippen LogP contribution in [-0.4, -0.2) is 25.8 Å². The van der Waals surface area contributed by atoms with Crippen molar-refractivity contribution in [3.05, 3.63) is 70.3 Å². The van der Waals surface area contributed by atoms with Crippen LogP contribution in [0.3, 0.4) is 0 Å². The van der Waals surface area contributed by atoms with Gasteiger partial charge >= 0.3 is 5.97 Å². The second kappa shape index (κ2) is 6.47. The van der Waals surface area contributed by atoms with Crippen molar-refractivity contribution >= 4 is 28.2 Å². The first kappa shape index (κ1) is 16.1. The summed E-state index contributed by atoms with van der Waals surface area (Å²) in [5.74, 6) is 5.10. The van der Waals surface area contributed by atoms with Gasteiger partial charge in [0.1, 0.15) is 0 Å². The van der Waals surface area contributed by atoms with E-state index in [9.17, 15) is 9.90 Å². The van der Waals surface area contributed by atoms with Crippen LogP contribution in [0.4, 0.5) is 0 Å². The van der Waals surface area contributed by atoms with Gasteiger partial charge in [-0.15, -0.1) is 11.3 Å². The minimum absolute atomic E-state index is 0.220. The molecule has 0 unspecified atom stereocenters. The highest BCUT2D eigenvalue weighted by molar-refractivity contribution is 7.10. The van der Waals surface area contributed by atoms with E-state index in [4.69, 9.17) is 0 Å². The van der Waals surface area contributed by atoms with E-state index in [-0.39, 0.29) is 5.56 Å². The lowest BCUT2D eigenvalue weighted by molar-refractivity contribution is 0.0697. The number of thiazole rings is 1. The zero-order valence-corrected chi connectivity index (χ0v) is 14.6. The molecule has 0 saturated heterocycles. The fourth-order valence-corrected chi connectivity index (χ4v) is 3.33. The molecule has 2 aromatic heterocycles. The SMILES string of the molecule is Cn1ncc2ccc(-c3c(C#Cc4nccs4)cccc3C(=O)O)cc21. The summed E-state index contributed by atoms with van der Waals surface area (Å²) in [6.45, 7) is 0. The molecule has 0 atom stereocenters. The number of carbonyl (C=O) groups is 1. The van der Waals surface area contributed by atoms with Crippen molar-refractivity contribution in [3.63, 3.8) is 0 Å². The standard InChI is InChI=1S/C20H13N3O2S/c1-23-17-11-14(5-6-15(17)12-22-23)19-13(3-2-4-16(19)20(24)25)7-8-18-21-9-10-26-18/h2-6,9-12H,1H3,(H,24,25). The molecule has 6 heteroatoms. The normalized spacial score (nSPS) is 10.5. The number of aryl methyl sites for hydroxylation is 1. The number of carboxylic acids is 1. The highest BCUT2D eigenvalue weighted by atomic mass is 32.1.